The molecule has 1 aliphatic heterocycles. The standard InChI is InChI=1S/C24H29N3O3/c1-24(2,3)23(30)26-20-11-7-9-18(15-20)21(28)25-16-17-8-6-10-19(14-17)22(29)27-12-4-5-13-27/h6-11,14-15H,4-5,12-13,16H2,1-3H3,(H,25,28)(H,26,30). The van der Waals surface area contributed by atoms with Crippen LogP contribution >= 0.6 is 0 Å². The van der Waals surface area contributed by atoms with E-state index in [1.807, 2.05) is 49.9 Å². The van der Waals surface area contributed by atoms with E-state index in [0.717, 1.165) is 31.5 Å². The van der Waals surface area contributed by atoms with Crippen molar-refractivity contribution in [3.05, 3.63) is 65.2 Å². The summed E-state index contributed by atoms with van der Waals surface area (Å²) < 4.78 is 0. The molecule has 2 N–H and O–H groups in total. The molecule has 2 aromatic carbocycles. The number of likely N-dealkylation sites (tertiary alicyclic amines) is 1. The van der Waals surface area contributed by atoms with Crippen LogP contribution < -0.4 is 10.6 Å². The first-order valence-corrected chi connectivity index (χ1v) is 10.3. The van der Waals surface area contributed by atoms with Gasteiger partial charge in [-0.15, -0.1) is 0 Å². The van der Waals surface area contributed by atoms with Crippen LogP contribution in [0.3, 0.4) is 0 Å². The van der Waals surface area contributed by atoms with Crippen LogP contribution in [-0.4, -0.2) is 35.7 Å². The number of hydrogen-bond acceptors (Lipinski definition) is 3. The molecule has 6 heteroatoms. The number of hydrogen-bond donors (Lipinski definition) is 2. The summed E-state index contributed by atoms with van der Waals surface area (Å²) in [5.41, 5.74) is 2.04. The molecule has 0 saturated carbocycles. The van der Waals surface area contributed by atoms with E-state index in [1.54, 1.807) is 24.3 Å². The molecule has 30 heavy (non-hydrogen) atoms. The minimum absolute atomic E-state index is 0.0444. The van der Waals surface area contributed by atoms with Crippen molar-refractivity contribution in [2.75, 3.05) is 18.4 Å². The van der Waals surface area contributed by atoms with E-state index in [9.17, 15) is 14.4 Å². The highest BCUT2D eigenvalue weighted by Crippen LogP contribution is 2.18. The third-order valence-electron chi connectivity index (χ3n) is 5.08. The van der Waals surface area contributed by atoms with Crippen LogP contribution in [0, 0.1) is 5.41 Å². The lowest BCUT2D eigenvalue weighted by molar-refractivity contribution is -0.123. The third kappa shape index (κ3) is 5.47. The molecule has 3 rings (SSSR count). The van der Waals surface area contributed by atoms with Crippen LogP contribution in [0.2, 0.25) is 0 Å². The van der Waals surface area contributed by atoms with Crippen LogP contribution in [0.25, 0.3) is 0 Å². The van der Waals surface area contributed by atoms with E-state index in [2.05, 4.69) is 10.6 Å². The molecule has 0 unspecified atom stereocenters. The van der Waals surface area contributed by atoms with Crippen LogP contribution in [0.4, 0.5) is 5.69 Å². The lowest BCUT2D eigenvalue weighted by Gasteiger charge is -2.18. The average molecular weight is 408 g/mol. The van der Waals surface area contributed by atoms with Crippen LogP contribution in [0.1, 0.15) is 59.9 Å². The smallest absolute Gasteiger partial charge is 0.253 e. The fourth-order valence-corrected chi connectivity index (χ4v) is 3.26. The molecular weight excluding hydrogens is 378 g/mol. The number of benzene rings is 2. The molecule has 1 aliphatic rings. The van der Waals surface area contributed by atoms with Crippen molar-refractivity contribution in [3.63, 3.8) is 0 Å². The summed E-state index contributed by atoms with van der Waals surface area (Å²) in [7, 11) is 0. The Hall–Kier alpha value is -3.15. The highest BCUT2D eigenvalue weighted by molar-refractivity contribution is 5.98. The Balaban J connectivity index is 1.62. The summed E-state index contributed by atoms with van der Waals surface area (Å²) in [4.78, 5) is 39.2. The molecule has 1 fully saturated rings. The van der Waals surface area contributed by atoms with E-state index in [0.29, 0.717) is 23.4 Å². The normalized spacial score (nSPS) is 13.8. The summed E-state index contributed by atoms with van der Waals surface area (Å²) in [5, 5.41) is 5.72. The van der Waals surface area contributed by atoms with E-state index >= 15 is 0 Å². The number of amides is 3. The number of nitrogens with one attached hydrogen (secondary N) is 2. The first kappa shape index (κ1) is 21.6. The molecular formula is C24H29N3O3. The molecule has 1 heterocycles. The number of anilines is 1. The summed E-state index contributed by atoms with van der Waals surface area (Å²) in [6, 6.07) is 14.2. The molecule has 0 bridgehead atoms. The first-order valence-electron chi connectivity index (χ1n) is 10.3. The minimum atomic E-state index is -0.518. The zero-order valence-corrected chi connectivity index (χ0v) is 17.8. The number of nitrogens with zero attached hydrogens (tertiary/aromatic N) is 1. The quantitative estimate of drug-likeness (QED) is 0.790. The van der Waals surface area contributed by atoms with Crippen molar-refractivity contribution >= 4 is 23.4 Å². The van der Waals surface area contributed by atoms with Crippen LogP contribution in [-0.2, 0) is 11.3 Å². The van der Waals surface area contributed by atoms with Gasteiger partial charge < -0.3 is 15.5 Å². The highest BCUT2D eigenvalue weighted by atomic mass is 16.2. The maximum atomic E-state index is 12.6. The van der Waals surface area contributed by atoms with Gasteiger partial charge in [0.15, 0.2) is 0 Å². The van der Waals surface area contributed by atoms with Gasteiger partial charge in [-0.1, -0.05) is 39.0 Å². The number of carbonyl (C=O) groups excluding carboxylic acids is 3. The minimum Gasteiger partial charge on any atom is -0.348 e. The third-order valence-corrected chi connectivity index (χ3v) is 5.08. The topological polar surface area (TPSA) is 78.5 Å². The summed E-state index contributed by atoms with van der Waals surface area (Å²) in [6.45, 7) is 7.44. The van der Waals surface area contributed by atoms with E-state index < -0.39 is 5.41 Å². The second-order valence-electron chi connectivity index (χ2n) is 8.67. The van der Waals surface area contributed by atoms with Crippen molar-refractivity contribution in [2.45, 2.75) is 40.2 Å². The first-order chi connectivity index (χ1) is 14.2. The molecule has 0 spiro atoms. The van der Waals surface area contributed by atoms with Crippen LogP contribution in [0.5, 0.6) is 0 Å². The molecule has 6 nitrogen and oxygen atoms in total. The molecule has 1 saturated heterocycles. The predicted molar refractivity (Wildman–Crippen MR) is 117 cm³/mol. The fourth-order valence-electron chi connectivity index (χ4n) is 3.26. The zero-order valence-electron chi connectivity index (χ0n) is 17.8. The SMILES string of the molecule is CC(C)(C)C(=O)Nc1cccc(C(=O)NCc2cccc(C(=O)N3CCCC3)c2)c1. The zero-order chi connectivity index (χ0) is 21.7. The van der Waals surface area contributed by atoms with Gasteiger partial charge in [0.1, 0.15) is 0 Å². The predicted octanol–water partition coefficient (Wildman–Crippen LogP) is 3.84. The van der Waals surface area contributed by atoms with Gasteiger partial charge in [0.05, 0.1) is 0 Å². The monoisotopic (exact) mass is 407 g/mol. The average Bonchev–Trinajstić information content (AvgIpc) is 3.26. The van der Waals surface area contributed by atoms with Crippen molar-refractivity contribution in [1.29, 1.82) is 0 Å². The molecule has 0 aliphatic carbocycles. The number of carbonyl (C=O) groups is 3. The Morgan fingerprint density at radius 3 is 2.30 bits per heavy atom. The molecule has 0 radical (unpaired) electrons. The van der Waals surface area contributed by atoms with Gasteiger partial charge in [-0.25, -0.2) is 0 Å². The van der Waals surface area contributed by atoms with Crippen LogP contribution in [0.15, 0.2) is 48.5 Å². The van der Waals surface area contributed by atoms with E-state index in [4.69, 9.17) is 0 Å². The Bertz CT molecular complexity index is 941. The second kappa shape index (κ2) is 9.11. The summed E-state index contributed by atoms with van der Waals surface area (Å²) in [5.74, 6) is -0.305. The van der Waals surface area contributed by atoms with Gasteiger partial charge in [-0.3, -0.25) is 14.4 Å². The van der Waals surface area contributed by atoms with Crippen molar-refractivity contribution in [1.82, 2.24) is 10.2 Å². The lowest BCUT2D eigenvalue weighted by Crippen LogP contribution is -2.28. The maximum Gasteiger partial charge on any atom is 0.253 e. The summed E-state index contributed by atoms with van der Waals surface area (Å²) in [6.07, 6.45) is 2.10. The van der Waals surface area contributed by atoms with Gasteiger partial charge in [0, 0.05) is 41.9 Å². The van der Waals surface area contributed by atoms with Gasteiger partial charge in [-0.2, -0.15) is 0 Å². The Labute approximate surface area is 177 Å². The molecule has 0 atom stereocenters. The molecule has 0 aromatic heterocycles. The van der Waals surface area contributed by atoms with Gasteiger partial charge in [0.25, 0.3) is 11.8 Å². The fraction of sp³-hybridized carbons (Fsp3) is 0.375. The Morgan fingerprint density at radius 1 is 0.933 bits per heavy atom. The van der Waals surface area contributed by atoms with Gasteiger partial charge in [-0.05, 0) is 48.7 Å². The Morgan fingerprint density at radius 2 is 1.60 bits per heavy atom. The van der Waals surface area contributed by atoms with Gasteiger partial charge in [0.2, 0.25) is 5.91 Å². The van der Waals surface area contributed by atoms with E-state index in [1.165, 1.54) is 0 Å². The molecule has 158 valence electrons. The van der Waals surface area contributed by atoms with Crippen molar-refractivity contribution < 1.29 is 14.4 Å². The molecule has 2 aromatic rings. The van der Waals surface area contributed by atoms with E-state index in [-0.39, 0.29) is 17.7 Å². The molecule has 3 amide bonds. The van der Waals surface area contributed by atoms with Crippen molar-refractivity contribution in [3.8, 4) is 0 Å². The largest absolute Gasteiger partial charge is 0.348 e. The summed E-state index contributed by atoms with van der Waals surface area (Å²) >= 11 is 0. The second-order valence-corrected chi connectivity index (χ2v) is 8.67. The van der Waals surface area contributed by atoms with Crippen molar-refractivity contribution in [2.24, 2.45) is 5.41 Å². The van der Waals surface area contributed by atoms with Gasteiger partial charge >= 0.3 is 0 Å². The number of rotatable bonds is 5. The lowest BCUT2D eigenvalue weighted by atomic mass is 9.95. The maximum absolute atomic E-state index is 12.6. The Kier molecular flexibility index (Phi) is 6.55. The highest BCUT2D eigenvalue weighted by Gasteiger charge is 2.22.